The Labute approximate surface area is 157 Å². The molecule has 2 aromatic heterocycles. The predicted molar refractivity (Wildman–Crippen MR) is 105 cm³/mol. The lowest BCUT2D eigenvalue weighted by Crippen LogP contribution is -2.09. The summed E-state index contributed by atoms with van der Waals surface area (Å²) in [4.78, 5) is 9.08. The van der Waals surface area contributed by atoms with Gasteiger partial charge in [0, 0.05) is 23.1 Å². The molecule has 1 atom stereocenters. The number of nitrogens with zero attached hydrogens (tertiary/aromatic N) is 2. The van der Waals surface area contributed by atoms with Crippen LogP contribution < -0.4 is 5.32 Å². The summed E-state index contributed by atoms with van der Waals surface area (Å²) in [7, 11) is 0. The van der Waals surface area contributed by atoms with Gasteiger partial charge in [0.1, 0.15) is 23.0 Å². The van der Waals surface area contributed by atoms with Crippen LogP contribution in [0.15, 0.2) is 59.2 Å². The highest BCUT2D eigenvalue weighted by Crippen LogP contribution is 2.28. The topological polar surface area (TPSA) is 51.0 Å². The molecule has 4 nitrogen and oxygen atoms in total. The van der Waals surface area contributed by atoms with Crippen molar-refractivity contribution in [1.29, 1.82) is 0 Å². The van der Waals surface area contributed by atoms with Crippen molar-refractivity contribution in [2.24, 2.45) is 0 Å². The summed E-state index contributed by atoms with van der Waals surface area (Å²) in [6, 6.07) is 14.5. The smallest absolute Gasteiger partial charge is 0.134 e. The van der Waals surface area contributed by atoms with Gasteiger partial charge < -0.3 is 9.73 Å². The van der Waals surface area contributed by atoms with E-state index >= 15 is 0 Å². The molecule has 5 heteroatoms. The highest BCUT2D eigenvalue weighted by atomic mass is 19.1. The van der Waals surface area contributed by atoms with Crippen molar-refractivity contribution in [3.05, 3.63) is 77.6 Å². The van der Waals surface area contributed by atoms with E-state index < -0.39 is 0 Å². The number of aromatic nitrogens is 2. The minimum Gasteiger partial charge on any atom is -0.464 e. The van der Waals surface area contributed by atoms with E-state index in [4.69, 9.17) is 4.42 Å². The van der Waals surface area contributed by atoms with E-state index in [1.807, 2.05) is 39.0 Å². The van der Waals surface area contributed by atoms with E-state index in [1.54, 1.807) is 18.4 Å². The molecular formula is C22H20FN3O. The van der Waals surface area contributed by atoms with Gasteiger partial charge in [-0.3, -0.25) is 0 Å². The van der Waals surface area contributed by atoms with Gasteiger partial charge in [0.15, 0.2) is 0 Å². The van der Waals surface area contributed by atoms with E-state index in [0.29, 0.717) is 5.82 Å². The number of rotatable bonds is 4. The van der Waals surface area contributed by atoms with Crippen molar-refractivity contribution < 1.29 is 8.81 Å². The van der Waals surface area contributed by atoms with Crippen LogP contribution in [0.2, 0.25) is 0 Å². The third-order valence-electron chi connectivity index (χ3n) is 4.64. The standard InChI is InChI=1S/C22H20FN3O/c1-13-12-27-21-9-6-17(10-19(13)21)20-11-22(26-15(3)25-20)24-14(2)16-4-7-18(23)8-5-16/h4-12,14H,1-3H3,(H,24,25,26)/t14-/m0/s1. The first kappa shape index (κ1) is 17.2. The summed E-state index contributed by atoms with van der Waals surface area (Å²) >= 11 is 0. The second-order valence-electron chi connectivity index (χ2n) is 6.73. The highest BCUT2D eigenvalue weighted by Gasteiger charge is 2.11. The molecule has 2 aromatic carbocycles. The van der Waals surface area contributed by atoms with Crippen LogP contribution in [-0.2, 0) is 0 Å². The molecule has 0 radical (unpaired) electrons. The summed E-state index contributed by atoms with van der Waals surface area (Å²) in [5.74, 6) is 1.18. The van der Waals surface area contributed by atoms with Gasteiger partial charge in [-0.25, -0.2) is 14.4 Å². The van der Waals surface area contributed by atoms with Crippen LogP contribution in [0.5, 0.6) is 0 Å². The van der Waals surface area contributed by atoms with Crippen molar-refractivity contribution in [2.45, 2.75) is 26.8 Å². The van der Waals surface area contributed by atoms with Crippen molar-refractivity contribution >= 4 is 16.8 Å². The van der Waals surface area contributed by atoms with Crippen molar-refractivity contribution in [1.82, 2.24) is 9.97 Å². The zero-order valence-corrected chi connectivity index (χ0v) is 15.5. The Hall–Kier alpha value is -3.21. The molecular weight excluding hydrogens is 341 g/mol. The van der Waals surface area contributed by atoms with Crippen molar-refractivity contribution in [3.63, 3.8) is 0 Å². The molecule has 0 saturated heterocycles. The third kappa shape index (κ3) is 3.53. The fourth-order valence-corrected chi connectivity index (χ4v) is 3.16. The molecule has 0 unspecified atom stereocenters. The second-order valence-corrected chi connectivity index (χ2v) is 6.73. The van der Waals surface area contributed by atoms with E-state index in [1.165, 1.54) is 12.1 Å². The summed E-state index contributed by atoms with van der Waals surface area (Å²) in [6.45, 7) is 5.92. The molecule has 4 rings (SSSR count). The van der Waals surface area contributed by atoms with Gasteiger partial charge in [0.05, 0.1) is 12.0 Å². The van der Waals surface area contributed by atoms with Gasteiger partial charge in [-0.1, -0.05) is 12.1 Å². The van der Waals surface area contributed by atoms with Crippen LogP contribution in [0, 0.1) is 19.7 Å². The van der Waals surface area contributed by atoms with Gasteiger partial charge in [0.2, 0.25) is 0 Å². The molecule has 27 heavy (non-hydrogen) atoms. The second kappa shape index (κ2) is 6.83. The zero-order valence-electron chi connectivity index (χ0n) is 15.5. The SMILES string of the molecule is Cc1nc(N[C@@H](C)c2ccc(F)cc2)cc(-c2ccc3occ(C)c3c2)n1. The summed E-state index contributed by atoms with van der Waals surface area (Å²) in [5.41, 5.74) is 4.81. The zero-order chi connectivity index (χ0) is 19.0. The first-order chi connectivity index (χ1) is 13.0. The molecule has 0 aliphatic heterocycles. The Bertz CT molecular complexity index is 1100. The Morgan fingerprint density at radius 2 is 1.78 bits per heavy atom. The number of hydrogen-bond acceptors (Lipinski definition) is 4. The van der Waals surface area contributed by atoms with Gasteiger partial charge >= 0.3 is 0 Å². The number of halogens is 1. The average Bonchev–Trinajstić information content (AvgIpc) is 3.02. The maximum Gasteiger partial charge on any atom is 0.134 e. The minimum absolute atomic E-state index is 0.00801. The van der Waals surface area contributed by atoms with Crippen LogP contribution in [0.1, 0.15) is 29.9 Å². The van der Waals surface area contributed by atoms with Gasteiger partial charge in [-0.05, 0) is 62.2 Å². The molecule has 136 valence electrons. The fourth-order valence-electron chi connectivity index (χ4n) is 3.16. The molecule has 0 spiro atoms. The Balaban J connectivity index is 1.66. The van der Waals surface area contributed by atoms with Crippen LogP contribution in [-0.4, -0.2) is 9.97 Å². The monoisotopic (exact) mass is 361 g/mol. The summed E-state index contributed by atoms with van der Waals surface area (Å²) in [6.07, 6.45) is 1.76. The molecule has 0 saturated carbocycles. The van der Waals surface area contributed by atoms with Crippen molar-refractivity contribution in [3.8, 4) is 11.3 Å². The molecule has 1 N–H and O–H groups in total. The summed E-state index contributed by atoms with van der Waals surface area (Å²) in [5, 5.41) is 4.46. The summed E-state index contributed by atoms with van der Waals surface area (Å²) < 4.78 is 18.7. The molecule has 4 aromatic rings. The van der Waals surface area contributed by atoms with E-state index in [9.17, 15) is 4.39 Å². The number of aryl methyl sites for hydroxylation is 2. The number of benzene rings is 2. The number of nitrogens with one attached hydrogen (secondary N) is 1. The van der Waals surface area contributed by atoms with Gasteiger partial charge in [-0.2, -0.15) is 0 Å². The normalized spacial score (nSPS) is 12.3. The van der Waals surface area contributed by atoms with E-state index in [0.717, 1.165) is 39.2 Å². The Morgan fingerprint density at radius 1 is 1.00 bits per heavy atom. The molecule has 0 aliphatic carbocycles. The quantitative estimate of drug-likeness (QED) is 0.498. The predicted octanol–water partition coefficient (Wildman–Crippen LogP) is 5.82. The van der Waals surface area contributed by atoms with Crippen molar-refractivity contribution in [2.75, 3.05) is 5.32 Å². The third-order valence-corrected chi connectivity index (χ3v) is 4.64. The van der Waals surface area contributed by atoms with E-state index in [-0.39, 0.29) is 11.9 Å². The first-order valence-corrected chi connectivity index (χ1v) is 8.85. The highest BCUT2D eigenvalue weighted by molar-refractivity contribution is 5.85. The molecule has 0 fully saturated rings. The maximum atomic E-state index is 13.1. The lowest BCUT2D eigenvalue weighted by molar-refractivity contribution is 0.613. The number of hydrogen-bond donors (Lipinski definition) is 1. The molecule has 2 heterocycles. The largest absolute Gasteiger partial charge is 0.464 e. The molecule has 0 bridgehead atoms. The first-order valence-electron chi connectivity index (χ1n) is 8.85. The van der Waals surface area contributed by atoms with Gasteiger partial charge in [-0.15, -0.1) is 0 Å². The van der Waals surface area contributed by atoms with E-state index in [2.05, 4.69) is 21.4 Å². The average molecular weight is 361 g/mol. The van der Waals surface area contributed by atoms with Crippen LogP contribution in [0.3, 0.4) is 0 Å². The van der Waals surface area contributed by atoms with Crippen LogP contribution >= 0.6 is 0 Å². The molecule has 0 amide bonds. The van der Waals surface area contributed by atoms with Gasteiger partial charge in [0.25, 0.3) is 0 Å². The fraction of sp³-hybridized carbons (Fsp3) is 0.182. The maximum absolute atomic E-state index is 13.1. The Morgan fingerprint density at radius 3 is 2.56 bits per heavy atom. The number of furan rings is 1. The number of fused-ring (bicyclic) bond motifs is 1. The lowest BCUT2D eigenvalue weighted by atomic mass is 10.1. The van der Waals surface area contributed by atoms with Crippen LogP contribution in [0.4, 0.5) is 10.2 Å². The number of anilines is 1. The Kier molecular flexibility index (Phi) is 4.36. The minimum atomic E-state index is -0.240. The molecule has 0 aliphatic rings. The lowest BCUT2D eigenvalue weighted by Gasteiger charge is -2.16. The van der Waals surface area contributed by atoms with Crippen LogP contribution in [0.25, 0.3) is 22.2 Å².